The van der Waals surface area contributed by atoms with Crippen LogP contribution in [0.5, 0.6) is 0 Å². The highest BCUT2D eigenvalue weighted by Gasteiger charge is 2.44. The maximum absolute atomic E-state index is 12.4. The van der Waals surface area contributed by atoms with Crippen molar-refractivity contribution in [2.45, 2.75) is 77.0 Å². The molecule has 0 bridgehead atoms. The molecule has 1 aromatic carbocycles. The Morgan fingerprint density at radius 3 is 2.54 bits per heavy atom. The average Bonchev–Trinajstić information content (AvgIpc) is 3.42. The zero-order valence-electron chi connectivity index (χ0n) is 23.3. The summed E-state index contributed by atoms with van der Waals surface area (Å²) < 4.78 is 7.82. The van der Waals surface area contributed by atoms with E-state index in [4.69, 9.17) is 10.5 Å². The quantitative estimate of drug-likeness (QED) is 0.261. The number of rotatable bonds is 9. The van der Waals surface area contributed by atoms with Crippen molar-refractivity contribution in [3.63, 3.8) is 0 Å². The summed E-state index contributed by atoms with van der Waals surface area (Å²) >= 11 is 0. The second kappa shape index (κ2) is 11.9. The highest BCUT2D eigenvalue weighted by molar-refractivity contribution is 5.89. The van der Waals surface area contributed by atoms with Crippen molar-refractivity contribution < 1.29 is 19.7 Å². The highest BCUT2D eigenvalue weighted by atomic mass is 16.6. The van der Waals surface area contributed by atoms with E-state index in [-0.39, 0.29) is 17.5 Å². The van der Waals surface area contributed by atoms with Crippen LogP contribution in [-0.2, 0) is 10.2 Å². The van der Waals surface area contributed by atoms with Crippen LogP contribution in [0.3, 0.4) is 0 Å². The number of fused-ring (bicyclic) bond motifs is 1. The molecule has 1 fully saturated rings. The van der Waals surface area contributed by atoms with E-state index in [1.807, 2.05) is 24.3 Å². The van der Waals surface area contributed by atoms with Crippen LogP contribution in [0, 0.1) is 0 Å². The molecule has 11 nitrogen and oxygen atoms in total. The monoisotopic (exact) mass is 539 g/mol. The molecule has 0 saturated carbocycles. The van der Waals surface area contributed by atoms with Crippen molar-refractivity contribution in [2.75, 3.05) is 30.7 Å². The number of nitrogens with zero attached hydrogens (tertiary/aromatic N) is 4. The first kappa shape index (κ1) is 28.8. The van der Waals surface area contributed by atoms with Gasteiger partial charge >= 0.3 is 6.03 Å². The zero-order valence-corrected chi connectivity index (χ0v) is 23.3. The Morgan fingerprint density at radius 1 is 1.15 bits per heavy atom. The Labute approximate surface area is 229 Å². The van der Waals surface area contributed by atoms with E-state index in [2.05, 4.69) is 60.1 Å². The molecule has 0 aliphatic carbocycles. The van der Waals surface area contributed by atoms with Crippen LogP contribution in [0.25, 0.3) is 11.0 Å². The molecule has 212 valence electrons. The molecule has 4 atom stereocenters. The minimum absolute atomic E-state index is 0.0573. The fraction of sp³-hybridized carbons (Fsp3) is 0.536. The third-order valence-electron chi connectivity index (χ3n) is 7.21. The Bertz CT molecular complexity index is 1260. The Kier molecular flexibility index (Phi) is 8.75. The van der Waals surface area contributed by atoms with E-state index in [0.717, 1.165) is 5.69 Å². The first-order chi connectivity index (χ1) is 18.5. The van der Waals surface area contributed by atoms with E-state index in [1.165, 1.54) is 11.9 Å². The summed E-state index contributed by atoms with van der Waals surface area (Å²) in [7, 11) is 0. The van der Waals surface area contributed by atoms with Crippen molar-refractivity contribution in [3.8, 4) is 0 Å². The van der Waals surface area contributed by atoms with Gasteiger partial charge in [-0.3, -0.25) is 4.90 Å². The van der Waals surface area contributed by atoms with Gasteiger partial charge in [0.25, 0.3) is 0 Å². The molecule has 1 aliphatic rings. The Hall–Kier alpha value is -3.25. The number of carbonyl (C=O) groups excluding carboxylic acids is 1. The van der Waals surface area contributed by atoms with Gasteiger partial charge in [0.1, 0.15) is 36.1 Å². The highest BCUT2D eigenvalue weighted by Crippen LogP contribution is 2.33. The largest absolute Gasteiger partial charge is 0.387 e. The number of nitrogens with one attached hydrogen (secondary N) is 2. The summed E-state index contributed by atoms with van der Waals surface area (Å²) in [4.78, 5) is 22.8. The van der Waals surface area contributed by atoms with Crippen molar-refractivity contribution >= 4 is 28.6 Å². The number of amides is 2. The number of urea groups is 1. The lowest BCUT2D eigenvalue weighted by atomic mass is 9.87. The summed E-state index contributed by atoms with van der Waals surface area (Å²) in [6.07, 6.45) is 0.210. The molecule has 2 aromatic heterocycles. The zero-order chi connectivity index (χ0) is 28.3. The van der Waals surface area contributed by atoms with Crippen molar-refractivity contribution in [2.24, 2.45) is 0 Å². The fourth-order valence-corrected chi connectivity index (χ4v) is 4.81. The summed E-state index contributed by atoms with van der Waals surface area (Å²) in [5.41, 5.74) is 8.48. The number of ether oxygens (including phenoxy) is 1. The number of carbonyl (C=O) groups is 1. The standard InChI is InChI=1S/C28H41N7O4/c1-17(2)34(13-6-12-30-27(38)33-19-9-7-18(8-10-19)28(3,4)5)15-21-22(36)23(37)26(39-21)35-14-11-20-24(29)31-16-32-25(20)35/h7-11,14,16-17,21-23,26,36-37H,6,12-13,15H2,1-5H3,(H2,29,31,32)(H2,30,33,38)/t21-,22-,23-,26+/m1/s1. The molecule has 1 aliphatic heterocycles. The molecule has 11 heteroatoms. The van der Waals surface area contributed by atoms with E-state index < -0.39 is 24.5 Å². The number of aliphatic hydroxyl groups is 2. The maximum Gasteiger partial charge on any atom is 0.319 e. The normalized spacial score (nSPS) is 21.7. The number of nitrogens with two attached hydrogens (primary N) is 1. The average molecular weight is 540 g/mol. The lowest BCUT2D eigenvalue weighted by Crippen LogP contribution is -2.44. The van der Waals surface area contributed by atoms with Crippen LogP contribution in [-0.4, -0.2) is 79.7 Å². The fourth-order valence-electron chi connectivity index (χ4n) is 4.81. The summed E-state index contributed by atoms with van der Waals surface area (Å²) in [6, 6.07) is 9.57. The number of anilines is 2. The molecular formula is C28H41N7O4. The van der Waals surface area contributed by atoms with Crippen molar-refractivity contribution in [1.29, 1.82) is 0 Å². The van der Waals surface area contributed by atoms with Gasteiger partial charge in [0.15, 0.2) is 6.23 Å². The maximum atomic E-state index is 12.4. The molecule has 1 saturated heterocycles. The van der Waals surface area contributed by atoms with Crippen molar-refractivity contribution in [3.05, 3.63) is 48.4 Å². The van der Waals surface area contributed by atoms with Crippen LogP contribution in [0.2, 0.25) is 0 Å². The SMILES string of the molecule is CC(C)N(CCCNC(=O)Nc1ccc(C(C)(C)C)cc1)C[C@H]1O[C@H](n2ccc3c(N)ncnc32)[C@H](O)[C@@H]1O. The van der Waals surface area contributed by atoms with Crippen LogP contribution >= 0.6 is 0 Å². The molecule has 6 N–H and O–H groups in total. The molecule has 0 unspecified atom stereocenters. The Balaban J connectivity index is 1.27. The topological polar surface area (TPSA) is 151 Å². The third kappa shape index (κ3) is 6.67. The summed E-state index contributed by atoms with van der Waals surface area (Å²) in [5, 5.41) is 28.0. The van der Waals surface area contributed by atoms with E-state index in [9.17, 15) is 15.0 Å². The molecule has 3 aromatic rings. The van der Waals surface area contributed by atoms with Crippen LogP contribution in [0.1, 0.15) is 52.8 Å². The van der Waals surface area contributed by atoms with Gasteiger partial charge in [-0.1, -0.05) is 32.9 Å². The van der Waals surface area contributed by atoms with Crippen LogP contribution < -0.4 is 16.4 Å². The first-order valence-corrected chi connectivity index (χ1v) is 13.4. The predicted molar refractivity (Wildman–Crippen MR) is 151 cm³/mol. The van der Waals surface area contributed by atoms with Gasteiger partial charge in [-0.2, -0.15) is 0 Å². The molecule has 3 heterocycles. The predicted octanol–water partition coefficient (Wildman–Crippen LogP) is 2.85. The van der Waals surface area contributed by atoms with Gasteiger partial charge < -0.3 is 35.9 Å². The first-order valence-electron chi connectivity index (χ1n) is 13.4. The number of aromatic nitrogens is 3. The molecular weight excluding hydrogens is 498 g/mol. The van der Waals surface area contributed by atoms with E-state index in [1.54, 1.807) is 16.8 Å². The van der Waals surface area contributed by atoms with Gasteiger partial charge in [-0.05, 0) is 49.4 Å². The van der Waals surface area contributed by atoms with Crippen molar-refractivity contribution in [1.82, 2.24) is 24.8 Å². The number of nitrogen functional groups attached to an aromatic ring is 1. The van der Waals surface area contributed by atoms with Gasteiger partial charge in [0, 0.05) is 37.6 Å². The van der Waals surface area contributed by atoms with E-state index >= 15 is 0 Å². The summed E-state index contributed by atoms with van der Waals surface area (Å²) in [6.45, 7) is 12.2. The lowest BCUT2D eigenvalue weighted by molar-refractivity contribution is -0.0465. The minimum atomic E-state index is -1.13. The molecule has 4 rings (SSSR count). The lowest BCUT2D eigenvalue weighted by Gasteiger charge is -2.30. The number of hydrogen-bond acceptors (Lipinski definition) is 8. The molecule has 2 amide bonds. The van der Waals surface area contributed by atoms with Gasteiger partial charge in [-0.25, -0.2) is 14.8 Å². The minimum Gasteiger partial charge on any atom is -0.387 e. The molecule has 0 spiro atoms. The van der Waals surface area contributed by atoms with Crippen LogP contribution in [0.15, 0.2) is 42.9 Å². The second-order valence-corrected chi connectivity index (χ2v) is 11.4. The van der Waals surface area contributed by atoms with Gasteiger partial charge in [0.2, 0.25) is 0 Å². The number of benzene rings is 1. The second-order valence-electron chi connectivity index (χ2n) is 11.4. The number of hydrogen-bond donors (Lipinski definition) is 5. The number of aliphatic hydroxyl groups excluding tert-OH is 2. The third-order valence-corrected chi connectivity index (χ3v) is 7.21. The van der Waals surface area contributed by atoms with Gasteiger partial charge in [0.05, 0.1) is 5.39 Å². The van der Waals surface area contributed by atoms with E-state index in [0.29, 0.717) is 42.9 Å². The van der Waals surface area contributed by atoms with Crippen LogP contribution in [0.4, 0.5) is 16.3 Å². The smallest absolute Gasteiger partial charge is 0.319 e. The molecule has 39 heavy (non-hydrogen) atoms. The Morgan fingerprint density at radius 2 is 1.87 bits per heavy atom. The van der Waals surface area contributed by atoms with Gasteiger partial charge in [-0.15, -0.1) is 0 Å². The molecule has 0 radical (unpaired) electrons. The summed E-state index contributed by atoms with van der Waals surface area (Å²) in [5.74, 6) is 0.343.